The van der Waals surface area contributed by atoms with E-state index in [1.54, 1.807) is 24.0 Å². The average molecular weight is 286 g/mol. The van der Waals surface area contributed by atoms with Crippen molar-refractivity contribution in [2.45, 2.75) is 25.8 Å². The highest BCUT2D eigenvalue weighted by Gasteiger charge is 2.29. The normalized spacial score (nSPS) is 18.2. The van der Waals surface area contributed by atoms with Gasteiger partial charge in [0.15, 0.2) is 0 Å². The molecule has 6 heteroatoms. The molecule has 2 N–H and O–H groups in total. The molecule has 0 bridgehead atoms. The molecule has 0 spiro atoms. The van der Waals surface area contributed by atoms with Crippen molar-refractivity contribution in [2.75, 3.05) is 20.1 Å². The number of hydrogen-bond acceptors (Lipinski definition) is 3. The van der Waals surface area contributed by atoms with E-state index in [0.717, 1.165) is 31.6 Å². The maximum Gasteiger partial charge on any atom is 0.260 e. The average Bonchev–Trinajstić information content (AvgIpc) is 2.77. The summed E-state index contributed by atoms with van der Waals surface area (Å²) in [6.45, 7) is 3.31. The summed E-state index contributed by atoms with van der Waals surface area (Å²) >= 11 is 0. The van der Waals surface area contributed by atoms with Gasteiger partial charge in [-0.25, -0.2) is 0 Å². The van der Waals surface area contributed by atoms with E-state index in [4.69, 9.17) is 0 Å². The molecule has 19 heavy (non-hydrogen) atoms. The summed E-state index contributed by atoms with van der Waals surface area (Å²) < 4.78 is 0. The fourth-order valence-corrected chi connectivity index (χ4v) is 2.45. The highest BCUT2D eigenvalue weighted by atomic mass is 35.5. The van der Waals surface area contributed by atoms with Crippen LogP contribution in [0.1, 0.15) is 28.9 Å². The Kier molecular flexibility index (Phi) is 5.57. The lowest BCUT2D eigenvalue weighted by Crippen LogP contribution is -2.42. The zero-order valence-corrected chi connectivity index (χ0v) is 12.0. The van der Waals surface area contributed by atoms with Crippen LogP contribution in [0.4, 0.5) is 0 Å². The lowest BCUT2D eigenvalue weighted by atomic mass is 10.2. The monoisotopic (exact) mass is 285 g/mol. The first-order valence-corrected chi connectivity index (χ1v) is 6.29. The first-order chi connectivity index (χ1) is 8.63. The Labute approximate surface area is 118 Å². The molecule has 1 aromatic rings. The van der Waals surface area contributed by atoms with E-state index in [9.17, 15) is 9.59 Å². The van der Waals surface area contributed by atoms with E-state index in [1.165, 1.54) is 0 Å². The van der Waals surface area contributed by atoms with Crippen molar-refractivity contribution in [3.05, 3.63) is 33.7 Å². The minimum absolute atomic E-state index is 0. The van der Waals surface area contributed by atoms with E-state index in [-0.39, 0.29) is 35.5 Å². The van der Waals surface area contributed by atoms with E-state index < -0.39 is 0 Å². The van der Waals surface area contributed by atoms with Gasteiger partial charge in [-0.05, 0) is 38.9 Å². The second-order valence-electron chi connectivity index (χ2n) is 4.74. The maximum absolute atomic E-state index is 12.3. The summed E-state index contributed by atoms with van der Waals surface area (Å²) in [5.74, 6) is -0.158. The number of hydrogen-bond donors (Lipinski definition) is 2. The Bertz CT molecular complexity index is 501. The van der Waals surface area contributed by atoms with Gasteiger partial charge in [0.2, 0.25) is 0 Å². The van der Waals surface area contributed by atoms with Gasteiger partial charge in [0.05, 0.1) is 0 Å². The zero-order valence-electron chi connectivity index (χ0n) is 11.2. The van der Waals surface area contributed by atoms with Crippen molar-refractivity contribution in [3.63, 3.8) is 0 Å². The van der Waals surface area contributed by atoms with Crippen LogP contribution in [0.5, 0.6) is 0 Å². The molecule has 1 aromatic heterocycles. The van der Waals surface area contributed by atoms with E-state index >= 15 is 0 Å². The fourth-order valence-electron chi connectivity index (χ4n) is 2.45. The molecule has 0 aliphatic carbocycles. The van der Waals surface area contributed by atoms with Crippen LogP contribution >= 0.6 is 12.4 Å². The molecule has 0 saturated carbocycles. The molecule has 1 fully saturated rings. The number of nitrogens with one attached hydrogen (secondary N) is 2. The third-order valence-electron chi connectivity index (χ3n) is 3.36. The Morgan fingerprint density at radius 3 is 2.89 bits per heavy atom. The Morgan fingerprint density at radius 1 is 1.53 bits per heavy atom. The topological polar surface area (TPSA) is 65.2 Å². The van der Waals surface area contributed by atoms with Crippen molar-refractivity contribution >= 4 is 18.3 Å². The van der Waals surface area contributed by atoms with Crippen LogP contribution in [0.15, 0.2) is 16.9 Å². The molecular weight excluding hydrogens is 266 g/mol. The molecule has 1 amide bonds. The zero-order chi connectivity index (χ0) is 13.1. The molecule has 1 atom stereocenters. The first-order valence-electron chi connectivity index (χ1n) is 6.29. The number of H-pyrrole nitrogens is 1. The standard InChI is InChI=1S/C13H19N3O2.ClH/c1-9-5-6-11(12(17)15-9)13(18)16-7-3-4-10(16)8-14-2;/h5-6,10,14H,3-4,7-8H2,1-2H3,(H,15,17);1H. The van der Waals surface area contributed by atoms with Gasteiger partial charge in [-0.1, -0.05) is 0 Å². The molecule has 106 valence electrons. The van der Waals surface area contributed by atoms with Crippen molar-refractivity contribution in [1.82, 2.24) is 15.2 Å². The summed E-state index contributed by atoms with van der Waals surface area (Å²) in [5, 5.41) is 3.09. The molecule has 1 saturated heterocycles. The highest BCUT2D eigenvalue weighted by molar-refractivity contribution is 5.94. The molecular formula is C13H20ClN3O2. The van der Waals surface area contributed by atoms with Gasteiger partial charge in [-0.3, -0.25) is 9.59 Å². The van der Waals surface area contributed by atoms with Gasteiger partial charge < -0.3 is 15.2 Å². The minimum Gasteiger partial charge on any atom is -0.334 e. The highest BCUT2D eigenvalue weighted by Crippen LogP contribution is 2.18. The molecule has 2 heterocycles. The van der Waals surface area contributed by atoms with Crippen molar-refractivity contribution < 1.29 is 4.79 Å². The molecule has 1 aliphatic heterocycles. The van der Waals surface area contributed by atoms with Gasteiger partial charge in [-0.15, -0.1) is 12.4 Å². The van der Waals surface area contributed by atoms with Crippen LogP contribution in [-0.2, 0) is 0 Å². The number of amides is 1. The number of halogens is 1. The predicted octanol–water partition coefficient (Wildman–Crippen LogP) is 0.929. The summed E-state index contributed by atoms with van der Waals surface area (Å²) in [4.78, 5) is 28.6. The van der Waals surface area contributed by atoms with Crippen molar-refractivity contribution in [2.24, 2.45) is 0 Å². The van der Waals surface area contributed by atoms with E-state index in [1.807, 2.05) is 7.05 Å². The van der Waals surface area contributed by atoms with Crippen LogP contribution in [-0.4, -0.2) is 42.0 Å². The van der Waals surface area contributed by atoms with Crippen LogP contribution in [0.3, 0.4) is 0 Å². The van der Waals surface area contributed by atoms with Crippen LogP contribution in [0, 0.1) is 6.92 Å². The Morgan fingerprint density at radius 2 is 2.26 bits per heavy atom. The van der Waals surface area contributed by atoms with Crippen molar-refractivity contribution in [1.29, 1.82) is 0 Å². The van der Waals surface area contributed by atoms with Crippen molar-refractivity contribution in [3.8, 4) is 0 Å². The molecule has 5 nitrogen and oxygen atoms in total. The smallest absolute Gasteiger partial charge is 0.260 e. The number of nitrogens with zero attached hydrogens (tertiary/aromatic N) is 1. The lowest BCUT2D eigenvalue weighted by Gasteiger charge is -2.24. The maximum atomic E-state index is 12.3. The summed E-state index contributed by atoms with van der Waals surface area (Å²) in [6.07, 6.45) is 2.00. The molecule has 1 unspecified atom stereocenters. The number of aryl methyl sites for hydroxylation is 1. The summed E-state index contributed by atoms with van der Waals surface area (Å²) in [5.41, 5.74) is 0.712. The third kappa shape index (κ3) is 3.36. The summed E-state index contributed by atoms with van der Waals surface area (Å²) in [6, 6.07) is 3.58. The minimum atomic E-state index is -0.296. The Hall–Kier alpha value is -1.33. The number of carbonyl (C=O) groups is 1. The predicted molar refractivity (Wildman–Crippen MR) is 77.0 cm³/mol. The first kappa shape index (κ1) is 15.7. The van der Waals surface area contributed by atoms with Gasteiger partial charge in [0.25, 0.3) is 11.5 Å². The lowest BCUT2D eigenvalue weighted by molar-refractivity contribution is 0.0735. The molecule has 2 rings (SSSR count). The van der Waals surface area contributed by atoms with E-state index in [2.05, 4.69) is 10.3 Å². The SMILES string of the molecule is CNCC1CCCN1C(=O)c1ccc(C)[nH]c1=O.Cl. The third-order valence-corrected chi connectivity index (χ3v) is 3.36. The number of likely N-dealkylation sites (tertiary alicyclic amines) is 1. The largest absolute Gasteiger partial charge is 0.334 e. The van der Waals surface area contributed by atoms with Crippen LogP contribution < -0.4 is 10.9 Å². The number of aromatic amines is 1. The van der Waals surface area contributed by atoms with Gasteiger partial charge in [-0.2, -0.15) is 0 Å². The number of likely N-dealkylation sites (N-methyl/N-ethyl adjacent to an activating group) is 1. The number of rotatable bonds is 3. The second-order valence-corrected chi connectivity index (χ2v) is 4.74. The fraction of sp³-hybridized carbons (Fsp3) is 0.538. The number of carbonyl (C=O) groups excluding carboxylic acids is 1. The summed E-state index contributed by atoms with van der Waals surface area (Å²) in [7, 11) is 1.87. The molecule has 0 aromatic carbocycles. The van der Waals surface area contributed by atoms with E-state index in [0.29, 0.717) is 0 Å². The van der Waals surface area contributed by atoms with Gasteiger partial charge in [0, 0.05) is 24.8 Å². The van der Waals surface area contributed by atoms with Gasteiger partial charge >= 0.3 is 0 Å². The van der Waals surface area contributed by atoms with Crippen LogP contribution in [0.2, 0.25) is 0 Å². The molecule has 0 radical (unpaired) electrons. The van der Waals surface area contributed by atoms with Crippen LogP contribution in [0.25, 0.3) is 0 Å². The quantitative estimate of drug-likeness (QED) is 0.868. The number of pyridine rings is 1. The Balaban J connectivity index is 0.00000180. The second kappa shape index (κ2) is 6.73. The molecule has 1 aliphatic rings. The number of aromatic nitrogens is 1. The van der Waals surface area contributed by atoms with Gasteiger partial charge in [0.1, 0.15) is 5.56 Å².